The van der Waals surface area contributed by atoms with Gasteiger partial charge in [0.05, 0.1) is 12.8 Å². The van der Waals surface area contributed by atoms with Crippen LogP contribution in [0, 0.1) is 0 Å². The Morgan fingerprint density at radius 2 is 1.95 bits per heavy atom. The lowest BCUT2D eigenvalue weighted by atomic mass is 10.0. The van der Waals surface area contributed by atoms with Crippen molar-refractivity contribution in [2.75, 3.05) is 13.0 Å². The number of unbranched alkanes of at least 4 members (excludes halogenated alkanes) is 1. The number of alkyl halides is 1. The number of methoxy groups -OCH3 is 1. The van der Waals surface area contributed by atoms with Gasteiger partial charge in [-0.05, 0) is 43.5 Å². The summed E-state index contributed by atoms with van der Waals surface area (Å²) in [5.41, 5.74) is 2.91. The maximum absolute atomic E-state index is 6.06. The molecular formula is C18H18ClNO2. The number of nitrogens with zero attached hydrogens (tertiary/aromatic N) is 1. The van der Waals surface area contributed by atoms with Crippen molar-refractivity contribution in [3.8, 4) is 17.2 Å². The van der Waals surface area contributed by atoms with E-state index in [0.29, 0.717) is 5.88 Å². The van der Waals surface area contributed by atoms with Crippen molar-refractivity contribution in [3.63, 3.8) is 0 Å². The van der Waals surface area contributed by atoms with Gasteiger partial charge in [-0.15, -0.1) is 11.6 Å². The largest absolute Gasteiger partial charge is 0.497 e. The Labute approximate surface area is 135 Å². The summed E-state index contributed by atoms with van der Waals surface area (Å²) in [6.07, 6.45) is 2.87. The molecule has 0 spiro atoms. The van der Waals surface area contributed by atoms with Crippen LogP contribution in [0.4, 0.5) is 5.69 Å². The van der Waals surface area contributed by atoms with Gasteiger partial charge in [0, 0.05) is 17.5 Å². The van der Waals surface area contributed by atoms with Crippen LogP contribution in [0.15, 0.2) is 47.5 Å². The standard InChI is InChI=1S/C18H18ClNO2/c1-21-13-9-10-14-15(6-4-5-11-19)20-16-7-2-3-8-17(16)22-18(14)12-13/h2-3,7-10,12H,4-6,11H2,1H3. The molecule has 0 saturated heterocycles. The van der Waals surface area contributed by atoms with E-state index in [1.54, 1.807) is 7.11 Å². The van der Waals surface area contributed by atoms with E-state index < -0.39 is 0 Å². The highest BCUT2D eigenvalue weighted by molar-refractivity contribution is 6.17. The molecule has 1 heterocycles. The van der Waals surface area contributed by atoms with Crippen LogP contribution >= 0.6 is 11.6 Å². The monoisotopic (exact) mass is 315 g/mol. The molecular weight excluding hydrogens is 298 g/mol. The minimum Gasteiger partial charge on any atom is -0.497 e. The number of hydrogen-bond donors (Lipinski definition) is 0. The average Bonchev–Trinajstić information content (AvgIpc) is 2.70. The quantitative estimate of drug-likeness (QED) is 0.551. The molecule has 0 saturated carbocycles. The lowest BCUT2D eigenvalue weighted by Gasteiger charge is -2.11. The average molecular weight is 316 g/mol. The zero-order valence-corrected chi connectivity index (χ0v) is 13.3. The summed E-state index contributed by atoms with van der Waals surface area (Å²) in [5, 5.41) is 0. The first-order valence-electron chi connectivity index (χ1n) is 7.40. The molecule has 0 unspecified atom stereocenters. The van der Waals surface area contributed by atoms with Gasteiger partial charge in [-0.3, -0.25) is 0 Å². The SMILES string of the molecule is COc1ccc2c(c1)Oc1ccccc1N=C2CCCCCl. The van der Waals surface area contributed by atoms with Crippen LogP contribution in [0.5, 0.6) is 17.2 Å². The van der Waals surface area contributed by atoms with Gasteiger partial charge in [0.15, 0.2) is 5.75 Å². The Bertz CT molecular complexity index is 697. The van der Waals surface area contributed by atoms with Gasteiger partial charge in [-0.1, -0.05) is 12.1 Å². The molecule has 4 heteroatoms. The van der Waals surface area contributed by atoms with Gasteiger partial charge < -0.3 is 9.47 Å². The van der Waals surface area contributed by atoms with Crippen molar-refractivity contribution in [1.82, 2.24) is 0 Å². The van der Waals surface area contributed by atoms with Crippen molar-refractivity contribution in [2.45, 2.75) is 19.3 Å². The lowest BCUT2D eigenvalue weighted by molar-refractivity contribution is 0.409. The Balaban J connectivity index is 2.04. The summed E-state index contributed by atoms with van der Waals surface area (Å²) in [7, 11) is 1.65. The molecule has 22 heavy (non-hydrogen) atoms. The first-order valence-corrected chi connectivity index (χ1v) is 7.94. The van der Waals surface area contributed by atoms with E-state index in [1.807, 2.05) is 42.5 Å². The summed E-state index contributed by atoms with van der Waals surface area (Å²) in [5.74, 6) is 3.01. The number of ether oxygens (including phenoxy) is 2. The number of aliphatic imine (C=N–C) groups is 1. The molecule has 0 radical (unpaired) electrons. The predicted octanol–water partition coefficient (Wildman–Crippen LogP) is 5.33. The molecule has 114 valence electrons. The second-order valence-electron chi connectivity index (χ2n) is 5.14. The van der Waals surface area contributed by atoms with E-state index in [-0.39, 0.29) is 0 Å². The van der Waals surface area contributed by atoms with E-state index in [2.05, 4.69) is 0 Å². The van der Waals surface area contributed by atoms with Crippen molar-refractivity contribution in [3.05, 3.63) is 48.0 Å². The van der Waals surface area contributed by atoms with Gasteiger partial charge in [-0.2, -0.15) is 0 Å². The van der Waals surface area contributed by atoms with Crippen LogP contribution < -0.4 is 9.47 Å². The van der Waals surface area contributed by atoms with Gasteiger partial charge >= 0.3 is 0 Å². The highest BCUT2D eigenvalue weighted by Crippen LogP contribution is 2.39. The van der Waals surface area contributed by atoms with Crippen molar-refractivity contribution in [1.29, 1.82) is 0 Å². The molecule has 0 aliphatic carbocycles. The summed E-state index contributed by atoms with van der Waals surface area (Å²) >= 11 is 5.79. The molecule has 0 bridgehead atoms. The van der Waals surface area contributed by atoms with Crippen LogP contribution in [0.25, 0.3) is 0 Å². The van der Waals surface area contributed by atoms with Crippen LogP contribution in [0.1, 0.15) is 24.8 Å². The van der Waals surface area contributed by atoms with Crippen molar-refractivity contribution < 1.29 is 9.47 Å². The molecule has 0 amide bonds. The fourth-order valence-electron chi connectivity index (χ4n) is 2.49. The number of hydrogen-bond acceptors (Lipinski definition) is 3. The molecule has 2 aromatic carbocycles. The van der Waals surface area contributed by atoms with Gasteiger partial charge in [0.1, 0.15) is 17.2 Å². The molecule has 0 aromatic heterocycles. The number of para-hydroxylation sites is 2. The van der Waals surface area contributed by atoms with Crippen molar-refractivity contribution >= 4 is 23.0 Å². The summed E-state index contributed by atoms with van der Waals surface area (Å²) in [6.45, 7) is 0. The molecule has 1 aliphatic rings. The van der Waals surface area contributed by atoms with Crippen LogP contribution in [-0.4, -0.2) is 18.7 Å². The molecule has 0 atom stereocenters. The zero-order chi connectivity index (χ0) is 15.4. The van der Waals surface area contributed by atoms with Crippen LogP contribution in [0.3, 0.4) is 0 Å². The Kier molecular flexibility index (Phi) is 4.64. The van der Waals surface area contributed by atoms with E-state index in [0.717, 1.165) is 53.5 Å². The second kappa shape index (κ2) is 6.84. The van der Waals surface area contributed by atoms with Gasteiger partial charge in [-0.25, -0.2) is 4.99 Å². The smallest absolute Gasteiger partial charge is 0.153 e. The fraction of sp³-hybridized carbons (Fsp3) is 0.278. The fourth-order valence-corrected chi connectivity index (χ4v) is 2.68. The second-order valence-corrected chi connectivity index (χ2v) is 5.51. The highest BCUT2D eigenvalue weighted by atomic mass is 35.5. The van der Waals surface area contributed by atoms with Gasteiger partial charge in [0.2, 0.25) is 0 Å². The molecule has 3 rings (SSSR count). The normalized spacial score (nSPS) is 12.5. The van der Waals surface area contributed by atoms with Gasteiger partial charge in [0.25, 0.3) is 0 Å². The number of rotatable bonds is 5. The first-order chi connectivity index (χ1) is 10.8. The molecule has 0 fully saturated rings. The van der Waals surface area contributed by atoms with Crippen LogP contribution in [0.2, 0.25) is 0 Å². The maximum atomic E-state index is 6.06. The highest BCUT2D eigenvalue weighted by Gasteiger charge is 2.18. The predicted molar refractivity (Wildman–Crippen MR) is 90.3 cm³/mol. The summed E-state index contributed by atoms with van der Waals surface area (Å²) < 4.78 is 11.4. The Hall–Kier alpha value is -2.00. The first kappa shape index (κ1) is 14.9. The minimum atomic E-state index is 0.676. The number of fused-ring (bicyclic) bond motifs is 2. The molecule has 3 nitrogen and oxygen atoms in total. The zero-order valence-electron chi connectivity index (χ0n) is 12.5. The van der Waals surface area contributed by atoms with Crippen molar-refractivity contribution in [2.24, 2.45) is 4.99 Å². The summed E-state index contributed by atoms with van der Waals surface area (Å²) in [4.78, 5) is 4.82. The lowest BCUT2D eigenvalue weighted by Crippen LogP contribution is -2.02. The minimum absolute atomic E-state index is 0.676. The third kappa shape index (κ3) is 3.09. The van der Waals surface area contributed by atoms with E-state index in [4.69, 9.17) is 26.1 Å². The third-order valence-electron chi connectivity index (χ3n) is 3.64. The molecule has 0 N–H and O–H groups in total. The van der Waals surface area contributed by atoms with E-state index in [1.165, 1.54) is 0 Å². The third-order valence-corrected chi connectivity index (χ3v) is 3.90. The number of benzene rings is 2. The Morgan fingerprint density at radius 1 is 1.09 bits per heavy atom. The molecule has 1 aliphatic heterocycles. The maximum Gasteiger partial charge on any atom is 0.153 e. The van der Waals surface area contributed by atoms with Crippen LogP contribution in [-0.2, 0) is 0 Å². The van der Waals surface area contributed by atoms with E-state index >= 15 is 0 Å². The molecule has 2 aromatic rings. The Morgan fingerprint density at radius 3 is 2.77 bits per heavy atom. The summed E-state index contributed by atoms with van der Waals surface area (Å²) in [6, 6.07) is 13.7. The van der Waals surface area contributed by atoms with E-state index in [9.17, 15) is 0 Å². The number of halogens is 1. The topological polar surface area (TPSA) is 30.8 Å².